The molecule has 4 saturated carbocycles. The number of ketones is 2. The minimum atomic E-state index is -0.578. The number of allylic oxidation sites excluding steroid dienone is 3. The van der Waals surface area contributed by atoms with Crippen LogP contribution in [-0.4, -0.2) is 29.8 Å². The Hall–Kier alpha value is -1.91. The molecule has 0 aromatic heterocycles. The van der Waals surface area contributed by atoms with Crippen LogP contribution in [0.5, 0.6) is 0 Å². The second kappa shape index (κ2) is 7.80. The number of carbonyl (C=O) groups excluding carboxylic acids is 3. The maximum atomic E-state index is 14.3. The van der Waals surface area contributed by atoms with Gasteiger partial charge < -0.3 is 9.84 Å². The van der Waals surface area contributed by atoms with Gasteiger partial charge in [-0.05, 0) is 90.9 Å². The van der Waals surface area contributed by atoms with Crippen molar-refractivity contribution in [3.05, 3.63) is 23.5 Å². The van der Waals surface area contributed by atoms with Gasteiger partial charge in [-0.25, -0.2) is 0 Å². The van der Waals surface area contributed by atoms with Crippen molar-refractivity contribution < 1.29 is 24.2 Å². The van der Waals surface area contributed by atoms with Crippen LogP contribution in [0.3, 0.4) is 0 Å². The minimum absolute atomic E-state index is 0.0279. The molecule has 0 radical (unpaired) electrons. The molecule has 5 rings (SSSR count). The maximum absolute atomic E-state index is 14.3. The molecule has 5 aliphatic rings. The van der Waals surface area contributed by atoms with E-state index in [1.54, 1.807) is 0 Å². The largest absolute Gasteiger partial charge is 0.515 e. The highest BCUT2D eigenvalue weighted by molar-refractivity contribution is 5.99. The van der Waals surface area contributed by atoms with E-state index in [2.05, 4.69) is 34.6 Å². The number of fused-ring (bicyclic) bond motifs is 7. The standard InChI is InChI=1S/C31H44O5/c1-18-20-8-9-29(5)23(28(20,4)15-19(17-32)25(18)34)14-22(33)24-21-16-27(2,3)10-12-31(21,26(35)36-7)13-11-30(24,29)6/h14,17-18,20-21,24,32H,8-13,15-16H2,1-7H3/b19-17-/t18-,20-,21?,24?,28-,29+,30+,31-/m0/s1. The van der Waals surface area contributed by atoms with E-state index in [-0.39, 0.29) is 62.9 Å². The van der Waals surface area contributed by atoms with E-state index in [1.165, 1.54) is 12.7 Å². The highest BCUT2D eigenvalue weighted by atomic mass is 16.5. The number of esters is 1. The summed E-state index contributed by atoms with van der Waals surface area (Å²) < 4.78 is 5.40. The normalized spacial score (nSPS) is 48.8. The van der Waals surface area contributed by atoms with E-state index in [4.69, 9.17) is 4.74 Å². The number of hydrogen-bond donors (Lipinski definition) is 1. The zero-order chi connectivity index (χ0) is 26.5. The lowest BCUT2D eigenvalue weighted by Gasteiger charge is -2.68. The second-order valence-corrected chi connectivity index (χ2v) is 14.4. The minimum Gasteiger partial charge on any atom is -0.515 e. The summed E-state index contributed by atoms with van der Waals surface area (Å²) in [5.41, 5.74) is 0.331. The molecule has 1 N–H and O–H groups in total. The van der Waals surface area contributed by atoms with Crippen molar-refractivity contribution in [2.45, 2.75) is 92.9 Å². The van der Waals surface area contributed by atoms with Gasteiger partial charge in [-0.2, -0.15) is 0 Å². The molecule has 8 atom stereocenters. The molecular weight excluding hydrogens is 452 g/mol. The quantitative estimate of drug-likeness (QED) is 0.259. The van der Waals surface area contributed by atoms with Crippen molar-refractivity contribution in [1.29, 1.82) is 0 Å². The first-order valence-corrected chi connectivity index (χ1v) is 13.9. The van der Waals surface area contributed by atoms with Crippen LogP contribution in [-0.2, 0) is 19.1 Å². The second-order valence-electron chi connectivity index (χ2n) is 14.4. The van der Waals surface area contributed by atoms with Crippen molar-refractivity contribution in [3.63, 3.8) is 0 Å². The summed E-state index contributed by atoms with van der Waals surface area (Å²) in [4.78, 5) is 40.6. The van der Waals surface area contributed by atoms with Crippen molar-refractivity contribution in [1.82, 2.24) is 0 Å². The molecule has 0 heterocycles. The van der Waals surface area contributed by atoms with Gasteiger partial charge in [0.15, 0.2) is 11.6 Å². The van der Waals surface area contributed by atoms with E-state index >= 15 is 0 Å². The number of ether oxygens (including phenoxy) is 1. The predicted octanol–water partition coefficient (Wildman–Crippen LogP) is 6.37. The van der Waals surface area contributed by atoms with Crippen LogP contribution in [0.2, 0.25) is 0 Å². The van der Waals surface area contributed by atoms with Gasteiger partial charge in [0.1, 0.15) is 0 Å². The molecule has 2 unspecified atom stereocenters. The number of methoxy groups -OCH3 is 1. The zero-order valence-electron chi connectivity index (χ0n) is 23.2. The van der Waals surface area contributed by atoms with Crippen molar-refractivity contribution in [2.24, 2.45) is 50.7 Å². The van der Waals surface area contributed by atoms with E-state index in [1.807, 2.05) is 13.0 Å². The fourth-order valence-electron chi connectivity index (χ4n) is 10.1. The summed E-state index contributed by atoms with van der Waals surface area (Å²) in [6, 6.07) is 0. The molecule has 0 amide bonds. The molecule has 198 valence electrons. The van der Waals surface area contributed by atoms with Crippen LogP contribution in [0.15, 0.2) is 23.5 Å². The van der Waals surface area contributed by atoms with Gasteiger partial charge in [0, 0.05) is 17.4 Å². The average Bonchev–Trinajstić information content (AvgIpc) is 2.82. The van der Waals surface area contributed by atoms with E-state index in [0.717, 1.165) is 51.2 Å². The highest BCUT2D eigenvalue weighted by Crippen LogP contribution is 2.74. The number of aliphatic hydroxyl groups is 1. The smallest absolute Gasteiger partial charge is 0.312 e. The Morgan fingerprint density at radius 3 is 2.33 bits per heavy atom. The molecule has 0 aliphatic heterocycles. The Balaban J connectivity index is 1.66. The Kier molecular flexibility index (Phi) is 5.58. The topological polar surface area (TPSA) is 80.7 Å². The van der Waals surface area contributed by atoms with Crippen molar-refractivity contribution >= 4 is 17.5 Å². The van der Waals surface area contributed by atoms with Crippen molar-refractivity contribution in [2.75, 3.05) is 7.11 Å². The number of hydrogen-bond acceptors (Lipinski definition) is 5. The van der Waals surface area contributed by atoms with E-state index in [9.17, 15) is 19.5 Å². The summed E-state index contributed by atoms with van der Waals surface area (Å²) in [5, 5.41) is 9.90. The van der Waals surface area contributed by atoms with Crippen LogP contribution in [0.1, 0.15) is 92.9 Å². The third-order valence-corrected chi connectivity index (χ3v) is 12.4. The molecule has 5 heteroatoms. The molecule has 5 aliphatic carbocycles. The van der Waals surface area contributed by atoms with Gasteiger partial charge in [0.05, 0.1) is 18.8 Å². The number of Topliss-reactive ketones (excluding diaryl/α,β-unsaturated/α-hetero) is 1. The Labute approximate surface area is 216 Å². The summed E-state index contributed by atoms with van der Waals surface area (Å²) in [6.45, 7) is 13.4. The highest BCUT2D eigenvalue weighted by Gasteiger charge is 2.70. The van der Waals surface area contributed by atoms with Crippen LogP contribution in [0, 0.1) is 50.7 Å². The molecule has 0 aromatic rings. The van der Waals surface area contributed by atoms with Crippen LogP contribution in [0.4, 0.5) is 0 Å². The van der Waals surface area contributed by atoms with E-state index < -0.39 is 5.41 Å². The average molecular weight is 497 g/mol. The maximum Gasteiger partial charge on any atom is 0.312 e. The van der Waals surface area contributed by atoms with Gasteiger partial charge in [-0.15, -0.1) is 0 Å². The zero-order valence-corrected chi connectivity index (χ0v) is 23.2. The van der Waals surface area contributed by atoms with E-state index in [0.29, 0.717) is 12.0 Å². The van der Waals surface area contributed by atoms with Gasteiger partial charge in [0.25, 0.3) is 0 Å². The summed E-state index contributed by atoms with van der Waals surface area (Å²) in [5.74, 6) is -0.194. The Bertz CT molecular complexity index is 1080. The fraction of sp³-hybridized carbons (Fsp3) is 0.774. The van der Waals surface area contributed by atoms with Gasteiger partial charge >= 0.3 is 5.97 Å². The lowest BCUT2D eigenvalue weighted by molar-refractivity contribution is -0.191. The number of aliphatic hydroxyl groups excluding tert-OH is 1. The first kappa shape index (κ1) is 25.7. The molecule has 0 bridgehead atoms. The van der Waals surface area contributed by atoms with Gasteiger partial charge in [0.2, 0.25) is 0 Å². The third-order valence-electron chi connectivity index (χ3n) is 12.4. The molecule has 0 aromatic carbocycles. The lowest BCUT2D eigenvalue weighted by atomic mass is 9.34. The van der Waals surface area contributed by atoms with Crippen LogP contribution in [0.25, 0.3) is 0 Å². The molecule has 0 saturated heterocycles. The molecule has 36 heavy (non-hydrogen) atoms. The first-order valence-electron chi connectivity index (χ1n) is 13.9. The number of rotatable bonds is 1. The third kappa shape index (κ3) is 3.04. The Morgan fingerprint density at radius 1 is 1.03 bits per heavy atom. The first-order chi connectivity index (χ1) is 16.7. The monoisotopic (exact) mass is 496 g/mol. The number of carbonyl (C=O) groups is 3. The van der Waals surface area contributed by atoms with Crippen molar-refractivity contribution in [3.8, 4) is 0 Å². The molecule has 0 spiro atoms. The van der Waals surface area contributed by atoms with Crippen LogP contribution < -0.4 is 0 Å². The summed E-state index contributed by atoms with van der Waals surface area (Å²) in [7, 11) is 1.49. The van der Waals surface area contributed by atoms with Gasteiger partial charge in [-0.3, -0.25) is 14.4 Å². The van der Waals surface area contributed by atoms with Crippen LogP contribution >= 0.6 is 0 Å². The SMILES string of the molecule is COC(=O)[C@]12CCC(C)(C)CC1C1C(=O)C=C3[C@@]4(C)C/C(=C/O)C(=O)[C@@H](C)[C@@H]4CC[C@@]3(C)[C@]1(C)CC2. The fourth-order valence-corrected chi connectivity index (χ4v) is 10.1. The summed E-state index contributed by atoms with van der Waals surface area (Å²) >= 11 is 0. The molecular formula is C31H44O5. The predicted molar refractivity (Wildman–Crippen MR) is 138 cm³/mol. The molecule has 4 fully saturated rings. The summed E-state index contributed by atoms with van der Waals surface area (Å²) in [6.07, 6.45) is 9.49. The van der Waals surface area contributed by atoms with Gasteiger partial charge in [-0.1, -0.05) is 47.1 Å². The lowest BCUT2D eigenvalue weighted by Crippen LogP contribution is -2.65. The Morgan fingerprint density at radius 2 is 1.69 bits per heavy atom. The molecule has 5 nitrogen and oxygen atoms in total.